The maximum atomic E-state index is 11.2. The lowest BCUT2D eigenvalue weighted by Crippen LogP contribution is -2.43. The average molecular weight is 156 g/mol. The molecule has 0 atom stereocenters. The first-order valence-corrected chi connectivity index (χ1v) is 3.02. The van der Waals surface area contributed by atoms with Gasteiger partial charge in [0, 0.05) is 0 Å². The van der Waals surface area contributed by atoms with E-state index >= 15 is 0 Å². The molecule has 0 rings (SSSR count). The summed E-state index contributed by atoms with van der Waals surface area (Å²) in [7, 11) is 0. The van der Waals surface area contributed by atoms with Crippen LogP contribution >= 0.6 is 0 Å². The number of rotatable bonds is 1. The SMILES string of the molecule is O=C(N[NH][AlH2])C(F)(F)F. The zero-order chi connectivity index (χ0) is 7.49. The quantitative estimate of drug-likeness (QED) is 0.366. The molecule has 0 aromatic carbocycles. The van der Waals surface area contributed by atoms with Gasteiger partial charge in [-0.15, -0.1) is 0 Å². The van der Waals surface area contributed by atoms with E-state index in [1.807, 2.05) is 4.41 Å². The Morgan fingerprint density at radius 1 is 1.44 bits per heavy atom. The first-order chi connectivity index (χ1) is 3.98. The van der Waals surface area contributed by atoms with Crippen LogP contribution in [-0.4, -0.2) is 28.6 Å². The molecule has 7 heteroatoms. The van der Waals surface area contributed by atoms with Crippen molar-refractivity contribution in [3.05, 3.63) is 0 Å². The van der Waals surface area contributed by atoms with Crippen LogP contribution in [0.3, 0.4) is 0 Å². The summed E-state index contributed by atoms with van der Waals surface area (Å²) in [4.78, 5) is 9.79. The summed E-state index contributed by atoms with van der Waals surface area (Å²) >= 11 is 0.289. The number of carbonyl (C=O) groups is 1. The highest BCUT2D eigenvalue weighted by Crippen LogP contribution is 2.13. The molecule has 0 saturated heterocycles. The molecule has 0 fully saturated rings. The van der Waals surface area contributed by atoms with E-state index in [0.717, 1.165) is 0 Å². The van der Waals surface area contributed by atoms with Gasteiger partial charge in [-0.25, -0.2) is 0 Å². The topological polar surface area (TPSA) is 41.1 Å². The molecule has 0 aromatic heterocycles. The third-order valence-corrected chi connectivity index (χ3v) is 0.746. The minimum atomic E-state index is -4.78. The third-order valence-electron chi connectivity index (χ3n) is 0.496. The van der Waals surface area contributed by atoms with Gasteiger partial charge in [0.1, 0.15) is 0 Å². The molecule has 0 saturated carbocycles. The highest BCUT2D eigenvalue weighted by Gasteiger charge is 2.38. The van der Waals surface area contributed by atoms with Crippen LogP contribution in [0.25, 0.3) is 0 Å². The number of hydrazine groups is 1. The number of hydrogen-bond donors (Lipinski definition) is 2. The van der Waals surface area contributed by atoms with Gasteiger partial charge in [0.15, 0.2) is 0 Å². The maximum Gasteiger partial charge on any atom is 0.472 e. The van der Waals surface area contributed by atoms with E-state index < -0.39 is 12.1 Å². The molecule has 0 aliphatic heterocycles. The van der Waals surface area contributed by atoms with Crippen LogP contribution in [0.15, 0.2) is 0 Å². The Kier molecular flexibility index (Phi) is 2.97. The first kappa shape index (κ1) is 8.75. The fourth-order valence-electron chi connectivity index (χ4n) is 0.184. The third kappa shape index (κ3) is 3.35. The molecule has 0 unspecified atom stereocenters. The van der Waals surface area contributed by atoms with Crippen molar-refractivity contribution in [1.29, 1.82) is 0 Å². The van der Waals surface area contributed by atoms with Crippen molar-refractivity contribution < 1.29 is 18.0 Å². The van der Waals surface area contributed by atoms with E-state index in [9.17, 15) is 18.0 Å². The lowest BCUT2D eigenvalue weighted by atomic mass is 10.6. The second kappa shape index (κ2) is 3.06. The van der Waals surface area contributed by atoms with Crippen molar-refractivity contribution in [3.8, 4) is 0 Å². The molecule has 9 heavy (non-hydrogen) atoms. The summed E-state index contributed by atoms with van der Waals surface area (Å²) in [6, 6.07) is 0. The second-order valence-corrected chi connectivity index (χ2v) is 1.70. The van der Waals surface area contributed by atoms with Crippen LogP contribution in [0.4, 0.5) is 13.2 Å². The lowest BCUT2D eigenvalue weighted by molar-refractivity contribution is -0.174. The highest BCUT2D eigenvalue weighted by molar-refractivity contribution is 6.05. The molecule has 1 amide bonds. The van der Waals surface area contributed by atoms with Gasteiger partial charge in [-0.1, -0.05) is 0 Å². The number of alkyl halides is 3. The van der Waals surface area contributed by atoms with E-state index in [0.29, 0.717) is 0 Å². The molecule has 3 nitrogen and oxygen atoms in total. The van der Waals surface area contributed by atoms with Crippen LogP contribution in [0.1, 0.15) is 0 Å². The van der Waals surface area contributed by atoms with Gasteiger partial charge in [-0.3, -0.25) is 4.79 Å². The van der Waals surface area contributed by atoms with Crippen molar-refractivity contribution in [2.75, 3.05) is 0 Å². The summed E-state index contributed by atoms with van der Waals surface area (Å²) in [5.41, 5.74) is 1.43. The number of hydrogen-bond acceptors (Lipinski definition) is 2. The van der Waals surface area contributed by atoms with E-state index in [-0.39, 0.29) is 16.5 Å². The van der Waals surface area contributed by atoms with Gasteiger partial charge in [0.25, 0.3) is 0 Å². The largest absolute Gasteiger partial charge is 0.472 e. The van der Waals surface area contributed by atoms with Crippen LogP contribution in [0, 0.1) is 0 Å². The van der Waals surface area contributed by atoms with Gasteiger partial charge in [0.05, 0.1) is 0 Å². The number of halogens is 3. The normalized spacial score (nSPS) is 11.0. The summed E-state index contributed by atoms with van der Waals surface area (Å²) in [5, 5.41) is 0. The smallest absolute Gasteiger partial charge is 0.324 e. The predicted molar refractivity (Wildman–Crippen MR) is 25.9 cm³/mol. The predicted octanol–water partition coefficient (Wildman–Crippen LogP) is -1.28. The molecular formula is C2H4AlF3N2O. The summed E-state index contributed by atoms with van der Waals surface area (Å²) < 4.78 is 35.6. The van der Waals surface area contributed by atoms with Gasteiger partial charge in [-0.05, 0) is 0 Å². The molecule has 52 valence electrons. The van der Waals surface area contributed by atoms with Crippen molar-refractivity contribution in [3.63, 3.8) is 0 Å². The summed E-state index contributed by atoms with van der Waals surface area (Å²) in [6.07, 6.45) is -4.78. The Hall–Kier alpha value is -0.248. The minimum absolute atomic E-state index is 0.289. The average Bonchev–Trinajstić information content (AvgIpc) is 1.64. The Labute approximate surface area is 57.2 Å². The minimum Gasteiger partial charge on any atom is -0.324 e. The molecule has 0 aliphatic rings. The second-order valence-electron chi connectivity index (χ2n) is 1.20. The van der Waals surface area contributed by atoms with Crippen LogP contribution < -0.4 is 9.84 Å². The van der Waals surface area contributed by atoms with Crippen LogP contribution in [0.5, 0.6) is 0 Å². The molecule has 0 spiro atoms. The zero-order valence-electron chi connectivity index (χ0n) is 4.54. The summed E-state index contributed by atoms with van der Waals surface area (Å²) in [5.74, 6) is -1.96. The fraction of sp³-hybridized carbons (Fsp3) is 0.500. The van der Waals surface area contributed by atoms with E-state index in [4.69, 9.17) is 0 Å². The number of amides is 1. The Bertz CT molecular complexity index is 113. The van der Waals surface area contributed by atoms with E-state index in [1.54, 1.807) is 0 Å². The Balaban J connectivity index is 3.74. The van der Waals surface area contributed by atoms with Gasteiger partial charge >= 0.3 is 28.6 Å². The van der Waals surface area contributed by atoms with Crippen LogP contribution in [0.2, 0.25) is 0 Å². The number of nitrogens with one attached hydrogen (secondary N) is 2. The number of carbonyl (C=O) groups excluding carboxylic acids is 1. The molecular weight excluding hydrogens is 152 g/mol. The monoisotopic (exact) mass is 156 g/mol. The van der Waals surface area contributed by atoms with E-state index in [1.165, 1.54) is 5.43 Å². The molecule has 0 bridgehead atoms. The molecule has 0 aromatic rings. The van der Waals surface area contributed by atoms with Crippen LogP contribution in [-0.2, 0) is 4.79 Å². The first-order valence-electron chi connectivity index (χ1n) is 2.02. The van der Waals surface area contributed by atoms with Gasteiger partial charge < -0.3 is 9.84 Å². The van der Waals surface area contributed by atoms with Gasteiger partial charge in [-0.2, -0.15) is 13.2 Å². The van der Waals surface area contributed by atoms with Gasteiger partial charge in [0.2, 0.25) is 0 Å². The zero-order valence-corrected chi connectivity index (χ0v) is 6.54. The molecule has 2 N–H and O–H groups in total. The molecule has 0 aliphatic carbocycles. The highest BCUT2D eigenvalue weighted by atomic mass is 27.1. The standard InChI is InChI=1S/C2H2F3N2O.Al.2H/c3-2(4,5)1(8)7-6;;;/h6H,(H,7,8);;;/q-1;+1;;. The van der Waals surface area contributed by atoms with Crippen molar-refractivity contribution in [1.82, 2.24) is 9.84 Å². The lowest BCUT2D eigenvalue weighted by Gasteiger charge is -2.05. The maximum absolute atomic E-state index is 11.2. The fourth-order valence-corrected chi connectivity index (χ4v) is 0.411. The molecule has 0 heterocycles. The van der Waals surface area contributed by atoms with Crippen molar-refractivity contribution >= 4 is 22.4 Å². The Morgan fingerprint density at radius 3 is 2.00 bits per heavy atom. The van der Waals surface area contributed by atoms with Crippen molar-refractivity contribution in [2.24, 2.45) is 0 Å². The molecule has 0 radical (unpaired) electrons. The Morgan fingerprint density at radius 2 is 1.89 bits per heavy atom. The summed E-state index contributed by atoms with van der Waals surface area (Å²) in [6.45, 7) is 0. The van der Waals surface area contributed by atoms with Crippen molar-refractivity contribution in [2.45, 2.75) is 6.18 Å². The van der Waals surface area contributed by atoms with E-state index in [2.05, 4.69) is 0 Å².